The van der Waals surface area contributed by atoms with E-state index in [4.69, 9.17) is 54.3 Å². The first-order valence-corrected chi connectivity index (χ1v) is 26.7. The number of aromatic nitrogens is 3. The molecular formula is C39H59BClFN4O7Si2. The summed E-state index contributed by atoms with van der Waals surface area (Å²) in [6.07, 6.45) is 0.283. The van der Waals surface area contributed by atoms with Crippen molar-refractivity contribution in [3.8, 4) is 6.01 Å². The molecule has 4 aliphatic rings. The zero-order valence-corrected chi connectivity index (χ0v) is 37.4. The fourth-order valence-corrected chi connectivity index (χ4v) is 9.60. The molecule has 1 N–H and O–H groups in total. The van der Waals surface area contributed by atoms with Gasteiger partial charge in [0.05, 0.1) is 41.6 Å². The molecule has 0 saturated carbocycles. The molecule has 5 atom stereocenters. The van der Waals surface area contributed by atoms with Gasteiger partial charge in [-0.2, -0.15) is 4.98 Å². The second kappa shape index (κ2) is 14.6. The summed E-state index contributed by atoms with van der Waals surface area (Å²) in [4.78, 5) is 9.84. The van der Waals surface area contributed by atoms with Crippen molar-refractivity contribution in [3.05, 3.63) is 40.2 Å². The van der Waals surface area contributed by atoms with Crippen molar-refractivity contribution in [1.82, 2.24) is 14.5 Å². The quantitative estimate of drug-likeness (QED) is 0.143. The minimum Gasteiger partial charge on any atom is -0.456 e. The molecule has 0 spiro atoms. The van der Waals surface area contributed by atoms with E-state index < -0.39 is 40.8 Å². The molecule has 3 aliphatic heterocycles. The van der Waals surface area contributed by atoms with Gasteiger partial charge in [0.15, 0.2) is 20.1 Å². The van der Waals surface area contributed by atoms with Gasteiger partial charge in [0, 0.05) is 20.2 Å². The average molecular weight is 817 g/mol. The largest absolute Gasteiger partial charge is 0.494 e. The third-order valence-corrected chi connectivity index (χ3v) is 18.9. The lowest BCUT2D eigenvalue weighted by atomic mass is 9.77. The first-order chi connectivity index (χ1) is 25.5. The first kappa shape index (κ1) is 41.1. The van der Waals surface area contributed by atoms with Gasteiger partial charge in [-0.1, -0.05) is 58.1 Å². The van der Waals surface area contributed by atoms with Crippen LogP contribution >= 0.6 is 11.6 Å². The van der Waals surface area contributed by atoms with Crippen LogP contribution in [0.4, 0.5) is 10.2 Å². The second-order valence-corrected chi connectivity index (χ2v) is 30.2. The van der Waals surface area contributed by atoms with Crippen LogP contribution in [-0.4, -0.2) is 93.5 Å². The number of nitrogens with one attached hydrogen (secondary N) is 1. The molecule has 1 aliphatic carbocycles. The fourth-order valence-electron chi connectivity index (χ4n) is 7.33. The van der Waals surface area contributed by atoms with Gasteiger partial charge < -0.3 is 38.0 Å². The van der Waals surface area contributed by atoms with E-state index in [0.29, 0.717) is 71.7 Å². The summed E-state index contributed by atoms with van der Waals surface area (Å²) in [6.45, 7) is 27.7. The SMILES string of the molecule is CC1(C)OB(c2cc(F)c3c(c2)CCC3Nc2nc3c(cc2Cl)nc(O[C@@H]2CO[C@H]4[C@@H]2OC[C@H]4O[Si](C)(C)C(C)(C)C)n3COCC[Si](C)(C)C)OC1(C)C. The van der Waals surface area contributed by atoms with Gasteiger partial charge in [-0.25, -0.2) is 9.37 Å². The van der Waals surface area contributed by atoms with Gasteiger partial charge in [0.25, 0.3) is 0 Å². The van der Waals surface area contributed by atoms with Crippen molar-refractivity contribution in [2.45, 2.75) is 154 Å². The molecule has 0 bridgehead atoms. The number of hydrogen-bond acceptors (Lipinski definition) is 10. The van der Waals surface area contributed by atoms with Gasteiger partial charge in [-0.3, -0.25) is 4.57 Å². The molecule has 1 unspecified atom stereocenters. The van der Waals surface area contributed by atoms with E-state index in [1.54, 1.807) is 6.07 Å². The maximum Gasteiger partial charge on any atom is 0.494 e. The number of hydrogen-bond donors (Lipinski definition) is 1. The standard InChI is InChI=1S/C39H59BClFN4O7Si2/c1-37(2,3)55(11,12)51-30-21-49-32-29(20-48-33(30)32)50-36-44-28-19-25(41)34(45-35(28)46(36)22-47-15-16-54(8,9)10)43-27-14-13-23-17-24(18-26(42)31(23)27)40-52-38(4,5)39(6,7)53-40/h17-19,27,29-30,32-33H,13-16,20-22H2,1-12H3,(H,43,45)/t27?,29-,30-,32-,33-/m1/s1. The minimum atomic E-state index is -2.04. The van der Waals surface area contributed by atoms with Crippen LogP contribution in [0, 0.1) is 5.82 Å². The van der Waals surface area contributed by atoms with E-state index in [9.17, 15) is 0 Å². The lowest BCUT2D eigenvalue weighted by molar-refractivity contribution is 0.00578. The maximum absolute atomic E-state index is 16.0. The molecular weight excluding hydrogens is 758 g/mol. The smallest absolute Gasteiger partial charge is 0.456 e. The van der Waals surface area contributed by atoms with Crippen LogP contribution < -0.4 is 15.5 Å². The number of anilines is 1. The van der Waals surface area contributed by atoms with E-state index in [2.05, 4.69) is 58.8 Å². The number of rotatable bonds is 12. The number of benzene rings is 1. The summed E-state index contributed by atoms with van der Waals surface area (Å²) in [6, 6.07) is 6.33. The van der Waals surface area contributed by atoms with Crippen LogP contribution in [-0.2, 0) is 41.1 Å². The Morgan fingerprint density at radius 2 is 1.64 bits per heavy atom. The topological polar surface area (TPSA) is 107 Å². The van der Waals surface area contributed by atoms with Crippen molar-refractivity contribution in [2.75, 3.05) is 25.1 Å². The second-order valence-electron chi connectivity index (χ2n) is 19.4. The molecule has 16 heteroatoms. The fraction of sp³-hybridized carbons (Fsp3) is 0.692. The molecule has 3 saturated heterocycles. The van der Waals surface area contributed by atoms with E-state index in [1.807, 2.05) is 38.3 Å². The number of imidazole rings is 1. The normalized spacial score (nSPS) is 26.2. The van der Waals surface area contributed by atoms with Crippen LogP contribution in [0.3, 0.4) is 0 Å². The number of fused-ring (bicyclic) bond motifs is 3. The lowest BCUT2D eigenvalue weighted by Gasteiger charge is -2.39. The molecule has 2 aromatic heterocycles. The Morgan fingerprint density at radius 1 is 0.982 bits per heavy atom. The molecule has 302 valence electrons. The Labute approximate surface area is 332 Å². The summed E-state index contributed by atoms with van der Waals surface area (Å²) in [5.74, 6) is 0.124. The first-order valence-electron chi connectivity index (χ1n) is 19.7. The van der Waals surface area contributed by atoms with Crippen LogP contribution in [0.1, 0.15) is 72.1 Å². The third kappa shape index (κ3) is 8.16. The monoisotopic (exact) mass is 816 g/mol. The van der Waals surface area contributed by atoms with Gasteiger partial charge in [0.1, 0.15) is 36.1 Å². The predicted octanol–water partition coefficient (Wildman–Crippen LogP) is 7.87. The number of ether oxygens (including phenoxy) is 4. The van der Waals surface area contributed by atoms with E-state index in [-0.39, 0.29) is 41.9 Å². The number of nitrogens with zero attached hydrogens (tertiary/aromatic N) is 3. The lowest BCUT2D eigenvalue weighted by Crippen LogP contribution is -2.47. The number of aryl methyl sites for hydroxylation is 1. The maximum atomic E-state index is 16.0. The van der Waals surface area contributed by atoms with Crippen LogP contribution in [0.2, 0.25) is 48.8 Å². The summed E-state index contributed by atoms with van der Waals surface area (Å²) in [7, 11) is -4.02. The van der Waals surface area contributed by atoms with Crippen LogP contribution in [0.15, 0.2) is 18.2 Å². The van der Waals surface area contributed by atoms with Crippen molar-refractivity contribution in [2.24, 2.45) is 0 Å². The highest BCUT2D eigenvalue weighted by Gasteiger charge is 2.54. The van der Waals surface area contributed by atoms with E-state index in [0.717, 1.165) is 11.6 Å². The molecule has 0 radical (unpaired) electrons. The third-order valence-electron chi connectivity index (χ3n) is 12.5. The molecule has 1 aromatic carbocycles. The van der Waals surface area contributed by atoms with Crippen molar-refractivity contribution >= 4 is 57.6 Å². The molecule has 7 rings (SSSR count). The summed E-state index contributed by atoms with van der Waals surface area (Å²) < 4.78 is 62.4. The average Bonchev–Trinajstić information content (AvgIpc) is 3.86. The van der Waals surface area contributed by atoms with Crippen molar-refractivity contribution in [3.63, 3.8) is 0 Å². The van der Waals surface area contributed by atoms with Crippen molar-refractivity contribution < 1.29 is 37.1 Å². The summed E-state index contributed by atoms with van der Waals surface area (Å²) in [5.41, 5.74) is 2.27. The Hall–Kier alpha value is -2.08. The molecule has 11 nitrogen and oxygen atoms in total. The summed E-state index contributed by atoms with van der Waals surface area (Å²) in [5, 5.41) is 3.90. The highest BCUT2D eigenvalue weighted by molar-refractivity contribution is 6.76. The zero-order valence-electron chi connectivity index (χ0n) is 34.6. The Kier molecular flexibility index (Phi) is 10.9. The molecule has 3 fully saturated rings. The Bertz CT molecular complexity index is 1900. The molecule has 0 amide bonds. The van der Waals surface area contributed by atoms with E-state index >= 15 is 4.39 Å². The highest BCUT2D eigenvalue weighted by atomic mass is 35.5. The summed E-state index contributed by atoms with van der Waals surface area (Å²) >= 11 is 6.88. The Balaban J connectivity index is 1.12. The molecule has 5 heterocycles. The van der Waals surface area contributed by atoms with Gasteiger partial charge >= 0.3 is 13.1 Å². The van der Waals surface area contributed by atoms with E-state index in [1.165, 1.54) is 6.07 Å². The molecule has 3 aromatic rings. The van der Waals surface area contributed by atoms with Crippen molar-refractivity contribution in [1.29, 1.82) is 0 Å². The highest BCUT2D eigenvalue weighted by Crippen LogP contribution is 2.42. The Morgan fingerprint density at radius 3 is 2.29 bits per heavy atom. The van der Waals surface area contributed by atoms with Gasteiger partial charge in [0.2, 0.25) is 0 Å². The zero-order chi connectivity index (χ0) is 39.9. The van der Waals surface area contributed by atoms with Gasteiger partial charge in [-0.05, 0) is 87.9 Å². The van der Waals surface area contributed by atoms with Crippen LogP contribution in [0.5, 0.6) is 6.01 Å². The van der Waals surface area contributed by atoms with Gasteiger partial charge in [-0.15, -0.1) is 0 Å². The predicted molar refractivity (Wildman–Crippen MR) is 219 cm³/mol. The number of halogens is 2. The minimum absolute atomic E-state index is 0.0654. The molecule has 55 heavy (non-hydrogen) atoms. The number of pyridine rings is 1. The van der Waals surface area contributed by atoms with Crippen LogP contribution in [0.25, 0.3) is 11.2 Å².